The first-order valence-electron chi connectivity index (χ1n) is 6.93. The van der Waals surface area contributed by atoms with Gasteiger partial charge >= 0.3 is 0 Å². The molecule has 1 atom stereocenters. The highest BCUT2D eigenvalue weighted by atomic mass is 16.5. The van der Waals surface area contributed by atoms with Crippen molar-refractivity contribution in [3.63, 3.8) is 0 Å². The molecular formula is C16H22N2O2. The molecule has 0 aliphatic heterocycles. The molecule has 4 nitrogen and oxygen atoms in total. The molecule has 0 saturated carbocycles. The maximum Gasteiger partial charge on any atom is 0.128 e. The van der Waals surface area contributed by atoms with Crippen LogP contribution in [-0.4, -0.2) is 22.0 Å². The van der Waals surface area contributed by atoms with Gasteiger partial charge in [-0.25, -0.2) is 0 Å². The van der Waals surface area contributed by atoms with E-state index >= 15 is 0 Å². The third-order valence-corrected chi connectivity index (χ3v) is 3.63. The van der Waals surface area contributed by atoms with Gasteiger partial charge in [0.05, 0.1) is 13.3 Å². The van der Waals surface area contributed by atoms with Crippen molar-refractivity contribution in [2.75, 3.05) is 7.11 Å². The predicted molar refractivity (Wildman–Crippen MR) is 79.0 cm³/mol. The molecule has 1 aromatic carbocycles. The smallest absolute Gasteiger partial charge is 0.128 e. The van der Waals surface area contributed by atoms with Gasteiger partial charge in [0, 0.05) is 23.9 Å². The molecule has 2 rings (SSSR count). The number of hydrogen-bond acceptors (Lipinski definition) is 3. The molecule has 0 bridgehead atoms. The van der Waals surface area contributed by atoms with Crippen LogP contribution in [0, 0.1) is 13.8 Å². The van der Waals surface area contributed by atoms with E-state index in [2.05, 4.69) is 12.0 Å². The molecule has 0 saturated heterocycles. The number of aromatic nitrogens is 2. The van der Waals surface area contributed by atoms with E-state index in [9.17, 15) is 5.11 Å². The zero-order chi connectivity index (χ0) is 14.7. The molecule has 0 spiro atoms. The van der Waals surface area contributed by atoms with Crippen LogP contribution >= 0.6 is 0 Å². The minimum atomic E-state index is -0.713. The van der Waals surface area contributed by atoms with Crippen LogP contribution in [0.25, 0.3) is 0 Å². The highest BCUT2D eigenvalue weighted by Crippen LogP contribution is 2.33. The third-order valence-electron chi connectivity index (χ3n) is 3.63. The fraction of sp³-hybridized carbons (Fsp3) is 0.438. The third kappa shape index (κ3) is 2.70. The van der Waals surface area contributed by atoms with Gasteiger partial charge in [0.25, 0.3) is 0 Å². The molecule has 1 unspecified atom stereocenters. The van der Waals surface area contributed by atoms with Crippen molar-refractivity contribution in [3.8, 4) is 5.75 Å². The Hall–Kier alpha value is -1.81. The van der Waals surface area contributed by atoms with E-state index in [0.29, 0.717) is 0 Å². The number of ether oxygens (including phenoxy) is 1. The zero-order valence-corrected chi connectivity index (χ0v) is 12.6. The van der Waals surface area contributed by atoms with Crippen molar-refractivity contribution in [2.24, 2.45) is 0 Å². The van der Waals surface area contributed by atoms with Crippen LogP contribution in [0.15, 0.2) is 24.5 Å². The van der Waals surface area contributed by atoms with Gasteiger partial charge in [-0.15, -0.1) is 0 Å². The summed E-state index contributed by atoms with van der Waals surface area (Å²) in [7, 11) is 1.64. The van der Waals surface area contributed by atoms with Crippen LogP contribution in [0.3, 0.4) is 0 Å². The fourth-order valence-corrected chi connectivity index (χ4v) is 2.35. The molecule has 0 aliphatic carbocycles. The Morgan fingerprint density at radius 1 is 1.35 bits per heavy atom. The summed E-state index contributed by atoms with van der Waals surface area (Å²) in [5.74, 6) is 0.751. The molecule has 4 heteroatoms. The van der Waals surface area contributed by atoms with Gasteiger partial charge in [0.2, 0.25) is 0 Å². The van der Waals surface area contributed by atoms with Crippen molar-refractivity contribution in [1.29, 1.82) is 0 Å². The summed E-state index contributed by atoms with van der Waals surface area (Å²) in [4.78, 5) is 0. The van der Waals surface area contributed by atoms with Crippen LogP contribution in [0.2, 0.25) is 0 Å². The summed E-state index contributed by atoms with van der Waals surface area (Å²) in [6.45, 7) is 7.00. The normalized spacial score (nSPS) is 12.4. The largest absolute Gasteiger partial charge is 0.496 e. The van der Waals surface area contributed by atoms with Crippen molar-refractivity contribution in [1.82, 2.24) is 9.78 Å². The van der Waals surface area contributed by atoms with Crippen molar-refractivity contribution < 1.29 is 9.84 Å². The lowest BCUT2D eigenvalue weighted by molar-refractivity contribution is 0.214. The predicted octanol–water partition coefficient (Wildman–Crippen LogP) is 3.00. The van der Waals surface area contributed by atoms with Gasteiger partial charge in [-0.05, 0) is 31.4 Å². The maximum absolute atomic E-state index is 10.6. The Bertz CT molecular complexity index is 590. The van der Waals surface area contributed by atoms with Crippen molar-refractivity contribution in [3.05, 3.63) is 46.8 Å². The van der Waals surface area contributed by atoms with Gasteiger partial charge in [-0.1, -0.05) is 19.1 Å². The Morgan fingerprint density at radius 3 is 2.75 bits per heavy atom. The van der Waals surface area contributed by atoms with E-state index in [4.69, 9.17) is 4.74 Å². The summed E-state index contributed by atoms with van der Waals surface area (Å²) in [5, 5.41) is 14.8. The SMILES string of the molecule is CCCn1cc(C(O)c2ccc(C)c(C)c2OC)cn1. The lowest BCUT2D eigenvalue weighted by atomic mass is 9.98. The second kappa shape index (κ2) is 6.09. The maximum atomic E-state index is 10.6. The lowest BCUT2D eigenvalue weighted by Gasteiger charge is -2.17. The second-order valence-electron chi connectivity index (χ2n) is 5.07. The first-order chi connectivity index (χ1) is 9.58. The summed E-state index contributed by atoms with van der Waals surface area (Å²) in [5.41, 5.74) is 3.79. The highest BCUT2D eigenvalue weighted by Gasteiger charge is 2.19. The molecule has 1 aromatic heterocycles. The summed E-state index contributed by atoms with van der Waals surface area (Å²) >= 11 is 0. The molecule has 0 amide bonds. The zero-order valence-electron chi connectivity index (χ0n) is 12.6. The molecule has 1 N–H and O–H groups in total. The van der Waals surface area contributed by atoms with Crippen LogP contribution in [0.1, 0.15) is 41.7 Å². The minimum absolute atomic E-state index is 0.713. The number of hydrogen-bond donors (Lipinski definition) is 1. The minimum Gasteiger partial charge on any atom is -0.496 e. The first kappa shape index (κ1) is 14.6. The fourth-order valence-electron chi connectivity index (χ4n) is 2.35. The number of rotatable bonds is 5. The van der Waals surface area contributed by atoms with E-state index in [1.807, 2.05) is 36.9 Å². The number of aryl methyl sites for hydroxylation is 2. The van der Waals surface area contributed by atoms with Gasteiger partial charge in [-0.2, -0.15) is 5.10 Å². The number of benzene rings is 1. The summed E-state index contributed by atoms with van der Waals surface area (Å²) in [6, 6.07) is 3.93. The lowest BCUT2D eigenvalue weighted by Crippen LogP contribution is -2.04. The second-order valence-corrected chi connectivity index (χ2v) is 5.07. The average Bonchev–Trinajstić information content (AvgIpc) is 2.90. The highest BCUT2D eigenvalue weighted by molar-refractivity contribution is 5.48. The van der Waals surface area contributed by atoms with Crippen LogP contribution in [-0.2, 0) is 6.54 Å². The quantitative estimate of drug-likeness (QED) is 0.911. The average molecular weight is 274 g/mol. The van der Waals surface area contributed by atoms with E-state index < -0.39 is 6.10 Å². The van der Waals surface area contributed by atoms with Gasteiger partial charge in [-0.3, -0.25) is 4.68 Å². The van der Waals surface area contributed by atoms with E-state index in [0.717, 1.165) is 41.0 Å². The molecule has 2 aromatic rings. The summed E-state index contributed by atoms with van der Waals surface area (Å²) in [6.07, 6.45) is 3.91. The Labute approximate surface area is 120 Å². The van der Waals surface area contributed by atoms with Gasteiger partial charge in [0.15, 0.2) is 0 Å². The van der Waals surface area contributed by atoms with Crippen LogP contribution in [0.5, 0.6) is 5.75 Å². The molecule has 20 heavy (non-hydrogen) atoms. The Balaban J connectivity index is 2.37. The number of aliphatic hydroxyl groups excluding tert-OH is 1. The van der Waals surface area contributed by atoms with E-state index in [1.165, 1.54) is 0 Å². The topological polar surface area (TPSA) is 47.3 Å². The number of nitrogens with zero attached hydrogens (tertiary/aromatic N) is 2. The number of aliphatic hydroxyl groups is 1. The van der Waals surface area contributed by atoms with Crippen LogP contribution in [0.4, 0.5) is 0 Å². The van der Waals surface area contributed by atoms with E-state index in [-0.39, 0.29) is 0 Å². The van der Waals surface area contributed by atoms with Crippen LogP contribution < -0.4 is 4.74 Å². The molecule has 0 aliphatic rings. The molecule has 0 fully saturated rings. The Morgan fingerprint density at radius 2 is 2.10 bits per heavy atom. The Kier molecular flexibility index (Phi) is 4.45. The number of methoxy groups -OCH3 is 1. The standard InChI is InChI=1S/C16H22N2O2/c1-5-8-18-10-13(9-17-18)15(19)14-7-6-11(2)12(3)16(14)20-4/h6-7,9-10,15,19H,5,8H2,1-4H3. The van der Waals surface area contributed by atoms with Gasteiger partial charge < -0.3 is 9.84 Å². The van der Waals surface area contributed by atoms with Crippen molar-refractivity contribution >= 4 is 0 Å². The summed E-state index contributed by atoms with van der Waals surface area (Å²) < 4.78 is 7.32. The molecular weight excluding hydrogens is 252 g/mol. The molecule has 0 radical (unpaired) electrons. The molecule has 1 heterocycles. The molecule has 108 valence electrons. The van der Waals surface area contributed by atoms with E-state index in [1.54, 1.807) is 13.3 Å². The van der Waals surface area contributed by atoms with Crippen molar-refractivity contribution in [2.45, 2.75) is 39.8 Å². The van der Waals surface area contributed by atoms with Gasteiger partial charge in [0.1, 0.15) is 11.9 Å². The monoisotopic (exact) mass is 274 g/mol. The first-order valence-corrected chi connectivity index (χ1v) is 6.93.